The van der Waals surface area contributed by atoms with Crippen molar-refractivity contribution >= 4 is 49.5 Å². The van der Waals surface area contributed by atoms with E-state index in [9.17, 15) is 4.79 Å². The van der Waals surface area contributed by atoms with Crippen LogP contribution in [0.4, 0.5) is 5.69 Å². The van der Waals surface area contributed by atoms with Gasteiger partial charge in [0.2, 0.25) is 5.91 Å². The Hall–Kier alpha value is -1.59. The molecule has 2 aromatic carbocycles. The highest BCUT2D eigenvalue weighted by Gasteiger charge is 2.07. The third-order valence-electron chi connectivity index (χ3n) is 3.06. The van der Waals surface area contributed by atoms with Gasteiger partial charge in [0.15, 0.2) is 0 Å². The highest BCUT2D eigenvalue weighted by molar-refractivity contribution is 9.11. The van der Waals surface area contributed by atoms with Gasteiger partial charge >= 0.3 is 0 Å². The van der Waals surface area contributed by atoms with Crippen molar-refractivity contribution in [3.63, 3.8) is 0 Å². The number of para-hydroxylation sites is 1. The maximum atomic E-state index is 12.0. The molecule has 1 amide bonds. The van der Waals surface area contributed by atoms with E-state index >= 15 is 0 Å². The Morgan fingerprint density at radius 1 is 1.23 bits per heavy atom. The van der Waals surface area contributed by atoms with Crippen LogP contribution >= 0.6 is 31.9 Å². The SMILES string of the molecule is COc1c(Br)cc(Br)cc1C=CC(=O)Nc1ccccc1C. The van der Waals surface area contributed by atoms with Crippen molar-refractivity contribution in [1.29, 1.82) is 0 Å². The first-order chi connectivity index (χ1) is 10.5. The zero-order valence-corrected chi connectivity index (χ0v) is 15.4. The molecule has 5 heteroatoms. The average molecular weight is 425 g/mol. The van der Waals surface area contributed by atoms with Crippen LogP contribution < -0.4 is 10.1 Å². The second-order valence-electron chi connectivity index (χ2n) is 4.65. The maximum Gasteiger partial charge on any atom is 0.248 e. The molecule has 1 N–H and O–H groups in total. The summed E-state index contributed by atoms with van der Waals surface area (Å²) in [5, 5.41) is 2.86. The topological polar surface area (TPSA) is 38.3 Å². The third-order valence-corrected chi connectivity index (χ3v) is 4.11. The molecule has 0 bridgehead atoms. The maximum absolute atomic E-state index is 12.0. The quantitative estimate of drug-likeness (QED) is 0.686. The van der Waals surface area contributed by atoms with Crippen molar-refractivity contribution in [1.82, 2.24) is 0 Å². The molecular formula is C17H15Br2NO2. The molecule has 2 rings (SSSR count). The van der Waals surface area contributed by atoms with E-state index in [2.05, 4.69) is 37.2 Å². The number of anilines is 1. The summed E-state index contributed by atoms with van der Waals surface area (Å²) < 4.78 is 7.07. The number of methoxy groups -OCH3 is 1. The van der Waals surface area contributed by atoms with E-state index in [1.807, 2.05) is 43.3 Å². The van der Waals surface area contributed by atoms with Gasteiger partial charge in [0.05, 0.1) is 11.6 Å². The number of hydrogen-bond acceptors (Lipinski definition) is 2. The van der Waals surface area contributed by atoms with Gasteiger partial charge in [0.1, 0.15) is 5.75 Å². The number of nitrogens with one attached hydrogen (secondary N) is 1. The number of hydrogen-bond donors (Lipinski definition) is 1. The molecule has 0 spiro atoms. The predicted octanol–water partition coefficient (Wildman–Crippen LogP) is 5.18. The van der Waals surface area contributed by atoms with Crippen LogP contribution in [-0.4, -0.2) is 13.0 Å². The molecule has 0 aliphatic rings. The van der Waals surface area contributed by atoms with E-state index in [1.165, 1.54) is 6.08 Å². The molecule has 0 unspecified atom stereocenters. The number of aryl methyl sites for hydroxylation is 1. The molecule has 3 nitrogen and oxygen atoms in total. The lowest BCUT2D eigenvalue weighted by Crippen LogP contribution is -2.08. The summed E-state index contributed by atoms with van der Waals surface area (Å²) in [5.41, 5.74) is 2.63. The lowest BCUT2D eigenvalue weighted by atomic mass is 10.1. The first-order valence-electron chi connectivity index (χ1n) is 6.59. The fraction of sp³-hybridized carbons (Fsp3) is 0.118. The summed E-state index contributed by atoms with van der Waals surface area (Å²) >= 11 is 6.87. The zero-order chi connectivity index (χ0) is 16.1. The second kappa shape index (κ2) is 7.61. The minimum absolute atomic E-state index is 0.188. The van der Waals surface area contributed by atoms with E-state index in [4.69, 9.17) is 4.74 Å². The molecular weight excluding hydrogens is 410 g/mol. The van der Waals surface area contributed by atoms with E-state index in [1.54, 1.807) is 13.2 Å². The standard InChI is InChI=1S/C17H15Br2NO2/c1-11-5-3-4-6-15(11)20-16(21)8-7-12-9-13(18)10-14(19)17(12)22-2/h3-10H,1-2H3,(H,20,21). The Bertz CT molecular complexity index is 727. The minimum atomic E-state index is -0.188. The molecule has 0 radical (unpaired) electrons. The molecule has 22 heavy (non-hydrogen) atoms. The van der Waals surface area contributed by atoms with Gasteiger partial charge < -0.3 is 10.1 Å². The number of carbonyl (C=O) groups excluding carboxylic acids is 1. The summed E-state index contributed by atoms with van der Waals surface area (Å²) in [6.07, 6.45) is 3.21. The van der Waals surface area contributed by atoms with Crippen molar-refractivity contribution in [2.45, 2.75) is 6.92 Å². The Morgan fingerprint density at radius 3 is 2.64 bits per heavy atom. The summed E-state index contributed by atoms with van der Waals surface area (Å²) in [7, 11) is 1.60. The number of halogens is 2. The van der Waals surface area contributed by atoms with Crippen LogP contribution in [0.1, 0.15) is 11.1 Å². The summed E-state index contributed by atoms with van der Waals surface area (Å²) in [6.45, 7) is 1.95. The molecule has 114 valence electrons. The Balaban J connectivity index is 2.18. The molecule has 0 aliphatic heterocycles. The summed E-state index contributed by atoms with van der Waals surface area (Å²) in [6, 6.07) is 11.4. The van der Waals surface area contributed by atoms with Gasteiger partial charge in [-0.15, -0.1) is 0 Å². The third kappa shape index (κ3) is 4.21. The van der Waals surface area contributed by atoms with Crippen LogP contribution in [0.2, 0.25) is 0 Å². The summed E-state index contributed by atoms with van der Waals surface area (Å²) in [5.74, 6) is 0.496. The summed E-state index contributed by atoms with van der Waals surface area (Å²) in [4.78, 5) is 12.0. The van der Waals surface area contributed by atoms with Gasteiger partial charge in [0, 0.05) is 21.8 Å². The smallest absolute Gasteiger partial charge is 0.248 e. The van der Waals surface area contributed by atoms with E-state index < -0.39 is 0 Å². The van der Waals surface area contributed by atoms with Crippen LogP contribution in [-0.2, 0) is 4.79 Å². The molecule has 0 saturated carbocycles. The Morgan fingerprint density at radius 2 is 1.95 bits per heavy atom. The fourth-order valence-electron chi connectivity index (χ4n) is 1.97. The van der Waals surface area contributed by atoms with E-state index in [0.717, 1.165) is 25.8 Å². The van der Waals surface area contributed by atoms with Crippen LogP contribution in [0.25, 0.3) is 6.08 Å². The predicted molar refractivity (Wildman–Crippen MR) is 97.2 cm³/mol. The molecule has 0 heterocycles. The number of benzene rings is 2. The van der Waals surface area contributed by atoms with Crippen molar-refractivity contribution in [2.75, 3.05) is 12.4 Å². The lowest BCUT2D eigenvalue weighted by Gasteiger charge is -2.08. The lowest BCUT2D eigenvalue weighted by molar-refractivity contribution is -0.111. The van der Waals surface area contributed by atoms with Crippen LogP contribution in [0.3, 0.4) is 0 Å². The van der Waals surface area contributed by atoms with Crippen LogP contribution in [0.15, 0.2) is 51.4 Å². The van der Waals surface area contributed by atoms with Gasteiger partial charge in [-0.2, -0.15) is 0 Å². The fourth-order valence-corrected chi connectivity index (χ4v) is 3.39. The number of ether oxygens (including phenoxy) is 1. The van der Waals surface area contributed by atoms with Crippen molar-refractivity contribution in [3.05, 3.63) is 62.5 Å². The molecule has 0 fully saturated rings. The Kier molecular flexibility index (Phi) is 5.80. The molecule has 0 aliphatic carbocycles. The molecule has 0 aromatic heterocycles. The Labute approximate surface area is 146 Å². The largest absolute Gasteiger partial charge is 0.495 e. The normalized spacial score (nSPS) is 10.7. The zero-order valence-electron chi connectivity index (χ0n) is 12.2. The monoisotopic (exact) mass is 423 g/mol. The van der Waals surface area contributed by atoms with Gasteiger partial charge in [0.25, 0.3) is 0 Å². The minimum Gasteiger partial charge on any atom is -0.495 e. The highest BCUT2D eigenvalue weighted by Crippen LogP contribution is 2.33. The van der Waals surface area contributed by atoms with E-state index in [-0.39, 0.29) is 5.91 Å². The highest BCUT2D eigenvalue weighted by atomic mass is 79.9. The average Bonchev–Trinajstić information content (AvgIpc) is 2.47. The first kappa shape index (κ1) is 16.8. The number of carbonyl (C=O) groups is 1. The van der Waals surface area contributed by atoms with Gasteiger partial charge in [-0.1, -0.05) is 34.1 Å². The molecule has 2 aromatic rings. The van der Waals surface area contributed by atoms with Gasteiger partial charge in [-0.25, -0.2) is 0 Å². The first-order valence-corrected chi connectivity index (χ1v) is 8.17. The van der Waals surface area contributed by atoms with Gasteiger partial charge in [-0.3, -0.25) is 4.79 Å². The molecule has 0 saturated heterocycles. The van der Waals surface area contributed by atoms with Crippen molar-refractivity contribution in [2.24, 2.45) is 0 Å². The van der Waals surface area contributed by atoms with Crippen LogP contribution in [0.5, 0.6) is 5.75 Å². The van der Waals surface area contributed by atoms with Crippen LogP contribution in [0, 0.1) is 6.92 Å². The number of rotatable bonds is 4. The van der Waals surface area contributed by atoms with E-state index in [0.29, 0.717) is 5.75 Å². The van der Waals surface area contributed by atoms with Crippen molar-refractivity contribution in [3.8, 4) is 5.75 Å². The van der Waals surface area contributed by atoms with Crippen molar-refractivity contribution < 1.29 is 9.53 Å². The molecule has 0 atom stereocenters. The number of amides is 1. The van der Waals surface area contributed by atoms with Gasteiger partial charge in [-0.05, 0) is 52.7 Å². The second-order valence-corrected chi connectivity index (χ2v) is 6.42.